The number of aliphatic hydroxyl groups is 2. The molecule has 2 bridgehead atoms. The average Bonchev–Trinajstić information content (AvgIpc) is 2.87. The monoisotopic (exact) mass is 211 g/mol. The number of rotatable bonds is 5. The first kappa shape index (κ1) is 11.1. The van der Waals surface area contributed by atoms with Crippen LogP contribution in [0.5, 0.6) is 0 Å². The van der Waals surface area contributed by atoms with E-state index < -0.39 is 5.54 Å². The van der Waals surface area contributed by atoms with Gasteiger partial charge in [-0.2, -0.15) is 0 Å². The predicted octanol–water partition coefficient (Wildman–Crippen LogP) is 0.531. The molecule has 0 aromatic carbocycles. The summed E-state index contributed by atoms with van der Waals surface area (Å²) in [6.45, 7) is 2.74. The van der Waals surface area contributed by atoms with Gasteiger partial charge >= 0.3 is 0 Å². The molecule has 15 heavy (non-hydrogen) atoms. The molecule has 0 aliphatic heterocycles. The zero-order valence-electron chi connectivity index (χ0n) is 9.32. The van der Waals surface area contributed by atoms with Gasteiger partial charge in [-0.05, 0) is 44.1 Å². The summed E-state index contributed by atoms with van der Waals surface area (Å²) in [4.78, 5) is 0. The van der Waals surface area contributed by atoms with Crippen molar-refractivity contribution in [1.82, 2.24) is 5.32 Å². The molecule has 3 nitrogen and oxygen atoms in total. The largest absolute Gasteiger partial charge is 0.394 e. The highest BCUT2D eigenvalue weighted by Gasteiger charge is 2.36. The van der Waals surface area contributed by atoms with Crippen LogP contribution in [0.4, 0.5) is 0 Å². The zero-order valence-corrected chi connectivity index (χ0v) is 9.32. The Bertz CT molecular complexity index is 248. The average molecular weight is 211 g/mol. The number of fused-ring (bicyclic) bond motifs is 2. The van der Waals surface area contributed by atoms with Crippen LogP contribution in [0.2, 0.25) is 0 Å². The molecule has 0 radical (unpaired) electrons. The Hall–Kier alpha value is -0.380. The highest BCUT2D eigenvalue weighted by molar-refractivity contribution is 5.10. The van der Waals surface area contributed by atoms with Crippen LogP contribution in [0.3, 0.4) is 0 Å². The smallest absolute Gasteiger partial charge is 0.0633 e. The summed E-state index contributed by atoms with van der Waals surface area (Å²) < 4.78 is 0. The number of allylic oxidation sites excluding steroid dienone is 2. The second kappa shape index (κ2) is 4.24. The van der Waals surface area contributed by atoms with Crippen molar-refractivity contribution in [2.24, 2.45) is 17.8 Å². The second-order valence-electron chi connectivity index (χ2n) is 5.30. The quantitative estimate of drug-likeness (QED) is 0.582. The molecule has 0 aromatic rings. The number of hydrogen-bond donors (Lipinski definition) is 3. The second-order valence-corrected chi connectivity index (χ2v) is 5.30. The summed E-state index contributed by atoms with van der Waals surface area (Å²) in [6, 6.07) is 0. The molecule has 3 atom stereocenters. The molecular formula is C12H21NO2. The molecule has 2 aliphatic carbocycles. The minimum Gasteiger partial charge on any atom is -0.394 e. The Kier molecular flexibility index (Phi) is 3.14. The van der Waals surface area contributed by atoms with Gasteiger partial charge in [0.05, 0.1) is 18.8 Å². The summed E-state index contributed by atoms with van der Waals surface area (Å²) in [5.41, 5.74) is -0.522. The third-order valence-corrected chi connectivity index (χ3v) is 3.91. The molecule has 0 spiro atoms. The van der Waals surface area contributed by atoms with Gasteiger partial charge in [0.2, 0.25) is 0 Å². The molecule has 2 rings (SSSR count). The lowest BCUT2D eigenvalue weighted by Crippen LogP contribution is -2.50. The van der Waals surface area contributed by atoms with E-state index in [-0.39, 0.29) is 13.2 Å². The fourth-order valence-electron chi connectivity index (χ4n) is 2.67. The van der Waals surface area contributed by atoms with E-state index in [1.165, 1.54) is 12.8 Å². The Labute approximate surface area is 91.2 Å². The summed E-state index contributed by atoms with van der Waals surface area (Å²) in [5, 5.41) is 21.6. The Balaban J connectivity index is 1.81. The van der Waals surface area contributed by atoms with Gasteiger partial charge in [-0.3, -0.25) is 0 Å². The van der Waals surface area contributed by atoms with E-state index in [4.69, 9.17) is 10.2 Å². The fraction of sp³-hybridized carbons (Fsp3) is 0.833. The van der Waals surface area contributed by atoms with Crippen LogP contribution in [0.1, 0.15) is 19.8 Å². The van der Waals surface area contributed by atoms with Crippen LogP contribution in [0, 0.1) is 17.8 Å². The van der Waals surface area contributed by atoms with Gasteiger partial charge in [0, 0.05) is 0 Å². The highest BCUT2D eigenvalue weighted by Crippen LogP contribution is 2.43. The molecule has 0 aromatic heterocycles. The number of nitrogens with one attached hydrogen (secondary N) is 1. The topological polar surface area (TPSA) is 52.5 Å². The highest BCUT2D eigenvalue weighted by atomic mass is 16.3. The van der Waals surface area contributed by atoms with E-state index in [1.54, 1.807) is 0 Å². The van der Waals surface area contributed by atoms with Crippen molar-refractivity contribution < 1.29 is 10.2 Å². The molecule has 0 unspecified atom stereocenters. The van der Waals surface area contributed by atoms with Gasteiger partial charge in [-0.1, -0.05) is 12.2 Å². The first-order valence-corrected chi connectivity index (χ1v) is 5.82. The zero-order chi connectivity index (χ0) is 10.9. The van der Waals surface area contributed by atoms with Crippen molar-refractivity contribution in [2.75, 3.05) is 19.8 Å². The molecule has 3 N–H and O–H groups in total. The molecule has 1 fully saturated rings. The molecule has 0 amide bonds. The van der Waals surface area contributed by atoms with Gasteiger partial charge < -0.3 is 15.5 Å². The van der Waals surface area contributed by atoms with Gasteiger partial charge in [0.1, 0.15) is 0 Å². The standard InChI is InChI=1S/C12H21NO2/c1-12(7-14,8-15)13-6-11-5-9-2-3-10(11)4-9/h2-3,9-11,13-15H,4-8H2,1H3/t9-,10+,11-/m1/s1. The summed E-state index contributed by atoms with van der Waals surface area (Å²) in [6.07, 6.45) is 7.23. The fourth-order valence-corrected chi connectivity index (χ4v) is 2.67. The van der Waals surface area contributed by atoms with E-state index >= 15 is 0 Å². The molecule has 0 saturated heterocycles. The molecule has 3 heteroatoms. The summed E-state index contributed by atoms with van der Waals surface area (Å²) >= 11 is 0. The minimum atomic E-state index is -0.522. The first-order chi connectivity index (χ1) is 7.17. The van der Waals surface area contributed by atoms with Crippen molar-refractivity contribution in [3.8, 4) is 0 Å². The van der Waals surface area contributed by atoms with Gasteiger partial charge in [0.15, 0.2) is 0 Å². The van der Waals surface area contributed by atoms with Crippen molar-refractivity contribution in [2.45, 2.75) is 25.3 Å². The van der Waals surface area contributed by atoms with E-state index in [2.05, 4.69) is 17.5 Å². The number of aliphatic hydroxyl groups excluding tert-OH is 2. The van der Waals surface area contributed by atoms with Gasteiger partial charge in [0.25, 0.3) is 0 Å². The molecule has 1 saturated carbocycles. The van der Waals surface area contributed by atoms with Crippen molar-refractivity contribution in [3.05, 3.63) is 12.2 Å². The maximum atomic E-state index is 9.15. The summed E-state index contributed by atoms with van der Waals surface area (Å²) in [5.74, 6) is 2.21. The summed E-state index contributed by atoms with van der Waals surface area (Å²) in [7, 11) is 0. The molecule has 86 valence electrons. The van der Waals surface area contributed by atoms with E-state index in [1.807, 2.05) is 6.92 Å². The molecule has 0 heterocycles. The molecule has 2 aliphatic rings. The normalized spacial score (nSPS) is 33.9. The van der Waals surface area contributed by atoms with E-state index in [0.717, 1.165) is 18.4 Å². The van der Waals surface area contributed by atoms with Crippen molar-refractivity contribution >= 4 is 0 Å². The van der Waals surface area contributed by atoms with Crippen LogP contribution in [-0.4, -0.2) is 35.5 Å². The minimum absolute atomic E-state index is 0.0137. The van der Waals surface area contributed by atoms with Crippen molar-refractivity contribution in [3.63, 3.8) is 0 Å². The Morgan fingerprint density at radius 2 is 2.00 bits per heavy atom. The van der Waals surface area contributed by atoms with Crippen LogP contribution < -0.4 is 5.32 Å². The maximum absolute atomic E-state index is 9.15. The lowest BCUT2D eigenvalue weighted by molar-refractivity contribution is 0.0991. The maximum Gasteiger partial charge on any atom is 0.0633 e. The lowest BCUT2D eigenvalue weighted by atomic mass is 9.92. The predicted molar refractivity (Wildman–Crippen MR) is 59.4 cm³/mol. The Morgan fingerprint density at radius 3 is 2.47 bits per heavy atom. The van der Waals surface area contributed by atoms with Gasteiger partial charge in [-0.25, -0.2) is 0 Å². The van der Waals surface area contributed by atoms with Crippen LogP contribution in [-0.2, 0) is 0 Å². The third kappa shape index (κ3) is 2.25. The third-order valence-electron chi connectivity index (χ3n) is 3.91. The first-order valence-electron chi connectivity index (χ1n) is 5.82. The SMILES string of the molecule is CC(CO)(CO)NC[C@H]1C[C@@H]2C=C[C@H]1C2. The van der Waals surface area contributed by atoms with E-state index in [0.29, 0.717) is 5.92 Å². The van der Waals surface area contributed by atoms with Crippen LogP contribution >= 0.6 is 0 Å². The molecular weight excluding hydrogens is 190 g/mol. The van der Waals surface area contributed by atoms with E-state index in [9.17, 15) is 0 Å². The van der Waals surface area contributed by atoms with Crippen LogP contribution in [0.15, 0.2) is 12.2 Å². The van der Waals surface area contributed by atoms with Crippen molar-refractivity contribution in [1.29, 1.82) is 0 Å². The lowest BCUT2D eigenvalue weighted by Gasteiger charge is -2.29. The van der Waals surface area contributed by atoms with Gasteiger partial charge in [-0.15, -0.1) is 0 Å². The Morgan fingerprint density at radius 1 is 1.27 bits per heavy atom. The number of hydrogen-bond acceptors (Lipinski definition) is 3. The van der Waals surface area contributed by atoms with Crippen LogP contribution in [0.25, 0.3) is 0 Å².